The first-order valence-corrected chi connectivity index (χ1v) is 8.92. The molecule has 2 amide bonds. The Bertz CT molecular complexity index is 856. The summed E-state index contributed by atoms with van der Waals surface area (Å²) in [6, 6.07) is 12.8. The molecule has 6 nitrogen and oxygen atoms in total. The lowest BCUT2D eigenvalue weighted by atomic mass is 9.86. The molecule has 2 aromatic rings. The van der Waals surface area contributed by atoms with Gasteiger partial charge >= 0.3 is 0 Å². The Morgan fingerprint density at radius 1 is 0.926 bits per heavy atom. The molecule has 0 saturated carbocycles. The third kappa shape index (κ3) is 4.78. The van der Waals surface area contributed by atoms with Crippen molar-refractivity contribution in [3.8, 4) is 11.5 Å². The number of carbonyl (C=O) groups excluding carboxylic acids is 2. The quantitative estimate of drug-likeness (QED) is 0.807. The number of rotatable bonds is 4. The molecule has 1 heterocycles. The fraction of sp³-hybridized carbons (Fsp3) is 0.333. The maximum absolute atomic E-state index is 12.3. The average Bonchev–Trinajstić information content (AvgIpc) is 2.61. The lowest BCUT2D eigenvalue weighted by Crippen LogP contribution is -2.23. The third-order valence-electron chi connectivity index (χ3n) is 4.16. The maximum atomic E-state index is 12.3. The first-order valence-electron chi connectivity index (χ1n) is 8.92. The van der Waals surface area contributed by atoms with Crippen LogP contribution in [0.25, 0.3) is 0 Å². The van der Waals surface area contributed by atoms with Gasteiger partial charge in [0.25, 0.3) is 0 Å². The lowest BCUT2D eigenvalue weighted by molar-refractivity contribution is -0.123. The zero-order chi connectivity index (χ0) is 19.4. The van der Waals surface area contributed by atoms with Crippen LogP contribution in [0.2, 0.25) is 0 Å². The molecule has 0 aliphatic carbocycles. The minimum Gasteiger partial charge on any atom is -0.486 e. The number of fused-ring (bicyclic) bond motifs is 1. The monoisotopic (exact) mass is 368 g/mol. The van der Waals surface area contributed by atoms with Gasteiger partial charge in [-0.05, 0) is 29.2 Å². The Hall–Kier alpha value is -3.02. The topological polar surface area (TPSA) is 76.7 Å². The lowest BCUT2D eigenvalue weighted by Gasteiger charge is -2.23. The van der Waals surface area contributed by atoms with Crippen molar-refractivity contribution in [2.45, 2.75) is 32.6 Å². The number of hydrogen-bond donors (Lipinski definition) is 2. The number of amides is 2. The second kappa shape index (κ2) is 7.70. The normalized spacial score (nSPS) is 13.0. The van der Waals surface area contributed by atoms with E-state index in [9.17, 15) is 9.59 Å². The van der Waals surface area contributed by atoms with Crippen molar-refractivity contribution in [2.75, 3.05) is 23.8 Å². The molecular weight excluding hydrogens is 344 g/mol. The second-order valence-corrected chi connectivity index (χ2v) is 7.43. The molecule has 0 radical (unpaired) electrons. The molecule has 0 bridgehead atoms. The number of carbonyl (C=O) groups is 2. The Labute approximate surface area is 158 Å². The van der Waals surface area contributed by atoms with E-state index in [4.69, 9.17) is 9.47 Å². The molecule has 2 N–H and O–H groups in total. The van der Waals surface area contributed by atoms with Gasteiger partial charge < -0.3 is 20.1 Å². The van der Waals surface area contributed by atoms with Gasteiger partial charge in [-0.1, -0.05) is 39.0 Å². The van der Waals surface area contributed by atoms with E-state index in [1.807, 2.05) is 24.3 Å². The van der Waals surface area contributed by atoms with Gasteiger partial charge in [0.15, 0.2) is 11.5 Å². The van der Waals surface area contributed by atoms with Crippen LogP contribution < -0.4 is 20.1 Å². The predicted octanol–water partition coefficient (Wildman–Crippen LogP) is 3.72. The molecule has 0 aromatic heterocycles. The molecule has 27 heavy (non-hydrogen) atoms. The van der Waals surface area contributed by atoms with E-state index in [1.165, 1.54) is 0 Å². The number of hydrogen-bond acceptors (Lipinski definition) is 4. The summed E-state index contributed by atoms with van der Waals surface area (Å²) in [4.78, 5) is 24.5. The van der Waals surface area contributed by atoms with E-state index < -0.39 is 5.91 Å². The highest BCUT2D eigenvalue weighted by Gasteiger charge is 2.19. The minimum absolute atomic E-state index is 0.114. The first-order chi connectivity index (χ1) is 12.8. The SMILES string of the molecule is CC(C)(C)c1ccccc1NC(=O)CC(=O)Nc1ccc2c(c1)OCCO2. The Morgan fingerprint density at radius 3 is 2.33 bits per heavy atom. The van der Waals surface area contributed by atoms with Gasteiger partial charge in [0.1, 0.15) is 19.6 Å². The summed E-state index contributed by atoms with van der Waals surface area (Å²) >= 11 is 0. The zero-order valence-electron chi connectivity index (χ0n) is 15.8. The average molecular weight is 368 g/mol. The largest absolute Gasteiger partial charge is 0.486 e. The van der Waals surface area contributed by atoms with Crippen LogP contribution in [0.4, 0.5) is 11.4 Å². The summed E-state index contributed by atoms with van der Waals surface area (Å²) in [5, 5.41) is 5.56. The molecule has 2 aromatic carbocycles. The standard InChI is InChI=1S/C21H24N2O4/c1-21(2,3)15-6-4-5-7-16(15)23-20(25)13-19(24)22-14-8-9-17-18(12-14)27-11-10-26-17/h4-9,12H,10-11,13H2,1-3H3,(H,22,24)(H,23,25). The summed E-state index contributed by atoms with van der Waals surface area (Å²) in [5.41, 5.74) is 2.19. The van der Waals surface area contributed by atoms with Gasteiger partial charge in [-0.2, -0.15) is 0 Å². The molecule has 142 valence electrons. The van der Waals surface area contributed by atoms with E-state index in [0.29, 0.717) is 30.4 Å². The van der Waals surface area contributed by atoms with Crippen LogP contribution in [-0.4, -0.2) is 25.0 Å². The van der Waals surface area contributed by atoms with E-state index in [1.54, 1.807) is 18.2 Å². The zero-order valence-corrected chi connectivity index (χ0v) is 15.8. The fourth-order valence-electron chi connectivity index (χ4n) is 2.91. The van der Waals surface area contributed by atoms with Crippen molar-refractivity contribution in [1.29, 1.82) is 0 Å². The highest BCUT2D eigenvalue weighted by Crippen LogP contribution is 2.32. The van der Waals surface area contributed by atoms with E-state index >= 15 is 0 Å². The highest BCUT2D eigenvalue weighted by atomic mass is 16.6. The summed E-state index contributed by atoms with van der Waals surface area (Å²) in [6.45, 7) is 7.21. The van der Waals surface area contributed by atoms with Crippen molar-refractivity contribution in [3.63, 3.8) is 0 Å². The minimum atomic E-state index is -0.391. The number of para-hydroxylation sites is 1. The first kappa shape index (κ1) is 18.8. The van der Waals surface area contributed by atoms with Crippen LogP contribution in [0, 0.1) is 0 Å². The molecule has 3 rings (SSSR count). The third-order valence-corrected chi connectivity index (χ3v) is 4.16. The highest BCUT2D eigenvalue weighted by molar-refractivity contribution is 6.08. The smallest absolute Gasteiger partial charge is 0.233 e. The molecular formula is C21H24N2O4. The van der Waals surface area contributed by atoms with Gasteiger partial charge in [-0.25, -0.2) is 0 Å². The Morgan fingerprint density at radius 2 is 1.59 bits per heavy atom. The van der Waals surface area contributed by atoms with Crippen LogP contribution in [0.1, 0.15) is 32.8 Å². The molecule has 0 atom stereocenters. The van der Waals surface area contributed by atoms with Crippen molar-refractivity contribution >= 4 is 23.2 Å². The molecule has 0 unspecified atom stereocenters. The van der Waals surface area contributed by atoms with Crippen LogP contribution in [0.5, 0.6) is 11.5 Å². The Kier molecular flexibility index (Phi) is 5.35. The molecule has 0 saturated heterocycles. The van der Waals surface area contributed by atoms with Gasteiger partial charge in [0.05, 0.1) is 0 Å². The van der Waals surface area contributed by atoms with Gasteiger partial charge in [-0.15, -0.1) is 0 Å². The predicted molar refractivity (Wildman–Crippen MR) is 104 cm³/mol. The van der Waals surface area contributed by atoms with E-state index in [2.05, 4.69) is 31.4 Å². The Balaban J connectivity index is 1.61. The molecule has 1 aliphatic heterocycles. The fourth-order valence-corrected chi connectivity index (χ4v) is 2.91. The van der Waals surface area contributed by atoms with E-state index in [-0.39, 0.29) is 17.7 Å². The van der Waals surface area contributed by atoms with E-state index in [0.717, 1.165) is 11.3 Å². The van der Waals surface area contributed by atoms with Crippen molar-refractivity contribution in [2.24, 2.45) is 0 Å². The van der Waals surface area contributed by atoms with Crippen LogP contribution >= 0.6 is 0 Å². The van der Waals surface area contributed by atoms with Crippen LogP contribution in [-0.2, 0) is 15.0 Å². The number of anilines is 2. The number of ether oxygens (including phenoxy) is 2. The van der Waals surface area contributed by atoms with Crippen molar-refractivity contribution in [1.82, 2.24) is 0 Å². The number of benzene rings is 2. The van der Waals surface area contributed by atoms with Crippen molar-refractivity contribution < 1.29 is 19.1 Å². The molecule has 0 fully saturated rings. The summed E-state index contributed by atoms with van der Waals surface area (Å²) < 4.78 is 10.9. The van der Waals surface area contributed by atoms with Crippen LogP contribution in [0.15, 0.2) is 42.5 Å². The molecule has 1 aliphatic rings. The van der Waals surface area contributed by atoms with Gasteiger partial charge in [0.2, 0.25) is 11.8 Å². The maximum Gasteiger partial charge on any atom is 0.233 e. The summed E-state index contributed by atoms with van der Waals surface area (Å²) in [7, 11) is 0. The van der Waals surface area contributed by atoms with Gasteiger partial charge in [0, 0.05) is 17.4 Å². The number of nitrogens with one attached hydrogen (secondary N) is 2. The second-order valence-electron chi connectivity index (χ2n) is 7.43. The molecule has 6 heteroatoms. The molecule has 0 spiro atoms. The van der Waals surface area contributed by atoms with Crippen LogP contribution in [0.3, 0.4) is 0 Å². The summed E-state index contributed by atoms with van der Waals surface area (Å²) in [5.74, 6) is 0.484. The van der Waals surface area contributed by atoms with Gasteiger partial charge in [-0.3, -0.25) is 9.59 Å². The summed E-state index contributed by atoms with van der Waals surface area (Å²) in [6.07, 6.45) is -0.271. The van der Waals surface area contributed by atoms with Crippen molar-refractivity contribution in [3.05, 3.63) is 48.0 Å².